The summed E-state index contributed by atoms with van der Waals surface area (Å²) in [6.07, 6.45) is 1.76. The van der Waals surface area contributed by atoms with Gasteiger partial charge < -0.3 is 14.9 Å². The van der Waals surface area contributed by atoms with Crippen LogP contribution in [0, 0.1) is 5.92 Å². The van der Waals surface area contributed by atoms with Gasteiger partial charge in [-0.25, -0.2) is 0 Å². The Bertz CT molecular complexity index is 676. The molecule has 0 aromatic heterocycles. The molecule has 2 aliphatic heterocycles. The molecule has 1 aromatic rings. The Morgan fingerprint density at radius 1 is 1.26 bits per heavy atom. The van der Waals surface area contributed by atoms with Crippen molar-refractivity contribution >= 4 is 35.1 Å². The lowest BCUT2D eigenvalue weighted by molar-refractivity contribution is -0.141. The zero-order valence-corrected chi connectivity index (χ0v) is 13.3. The van der Waals surface area contributed by atoms with E-state index < -0.39 is 11.9 Å². The molecule has 2 fully saturated rings. The maximum absolute atomic E-state index is 12.6. The summed E-state index contributed by atoms with van der Waals surface area (Å²) in [5.74, 6) is -1.66. The number of hydrogen-bond donors (Lipinski definition) is 1. The van der Waals surface area contributed by atoms with Gasteiger partial charge >= 0.3 is 5.97 Å². The molecule has 1 aromatic carbocycles. The highest BCUT2D eigenvalue weighted by molar-refractivity contribution is 6.34. The quantitative estimate of drug-likeness (QED) is 0.916. The van der Waals surface area contributed by atoms with Crippen LogP contribution in [0.4, 0.5) is 5.69 Å². The molecule has 0 saturated carbocycles. The smallest absolute Gasteiger partial charge is 0.308 e. The van der Waals surface area contributed by atoms with Crippen molar-refractivity contribution in [1.29, 1.82) is 0 Å². The van der Waals surface area contributed by atoms with Crippen LogP contribution in [0.15, 0.2) is 18.2 Å². The zero-order valence-electron chi connectivity index (χ0n) is 12.5. The summed E-state index contributed by atoms with van der Waals surface area (Å²) in [4.78, 5) is 38.7. The number of amides is 2. The van der Waals surface area contributed by atoms with Gasteiger partial charge in [0.15, 0.2) is 0 Å². The molecule has 2 saturated heterocycles. The minimum atomic E-state index is -0.886. The fraction of sp³-hybridized carbons (Fsp3) is 0.438. The Labute approximate surface area is 138 Å². The van der Waals surface area contributed by atoms with Crippen LogP contribution in [0.5, 0.6) is 0 Å². The Morgan fingerprint density at radius 3 is 2.65 bits per heavy atom. The number of likely N-dealkylation sites (tertiary alicyclic amines) is 1. The molecular weight excluding hydrogens is 320 g/mol. The Kier molecular flexibility index (Phi) is 4.26. The topological polar surface area (TPSA) is 77.9 Å². The number of halogens is 1. The lowest BCUT2D eigenvalue weighted by Crippen LogP contribution is -2.30. The molecule has 3 rings (SSSR count). The van der Waals surface area contributed by atoms with Crippen molar-refractivity contribution in [2.75, 3.05) is 24.5 Å². The van der Waals surface area contributed by atoms with Gasteiger partial charge in [-0.3, -0.25) is 14.4 Å². The van der Waals surface area contributed by atoms with E-state index in [1.165, 1.54) is 4.90 Å². The van der Waals surface area contributed by atoms with E-state index in [4.69, 9.17) is 16.7 Å². The number of aliphatic carboxylic acids is 1. The Hall–Kier alpha value is -2.08. The summed E-state index contributed by atoms with van der Waals surface area (Å²) < 4.78 is 0. The molecule has 2 heterocycles. The second-order valence-electron chi connectivity index (χ2n) is 5.89. The van der Waals surface area contributed by atoms with Crippen LogP contribution in [0.1, 0.15) is 29.6 Å². The van der Waals surface area contributed by atoms with Crippen LogP contribution in [-0.4, -0.2) is 47.4 Å². The molecule has 6 nitrogen and oxygen atoms in total. The van der Waals surface area contributed by atoms with Gasteiger partial charge in [-0.2, -0.15) is 0 Å². The number of anilines is 1. The van der Waals surface area contributed by atoms with Crippen molar-refractivity contribution in [3.8, 4) is 0 Å². The van der Waals surface area contributed by atoms with Gasteiger partial charge in [-0.05, 0) is 31.0 Å². The zero-order chi connectivity index (χ0) is 16.6. The molecule has 0 aliphatic carbocycles. The summed E-state index contributed by atoms with van der Waals surface area (Å²) in [5, 5.41) is 9.36. The Balaban J connectivity index is 1.83. The normalized spacial score (nSPS) is 21.1. The van der Waals surface area contributed by atoms with E-state index in [0.29, 0.717) is 42.2 Å². The van der Waals surface area contributed by atoms with E-state index in [1.807, 2.05) is 0 Å². The van der Waals surface area contributed by atoms with E-state index in [2.05, 4.69) is 0 Å². The fourth-order valence-electron chi connectivity index (χ4n) is 3.08. The number of carboxylic acid groups (broad SMARTS) is 1. The number of carboxylic acids is 1. The average Bonchev–Trinajstić information content (AvgIpc) is 3.16. The van der Waals surface area contributed by atoms with Crippen LogP contribution in [0.3, 0.4) is 0 Å². The molecule has 2 aliphatic rings. The third-order valence-electron chi connectivity index (χ3n) is 4.39. The van der Waals surface area contributed by atoms with Crippen LogP contribution < -0.4 is 4.90 Å². The minimum absolute atomic E-state index is 0.0397. The van der Waals surface area contributed by atoms with Crippen molar-refractivity contribution in [3.63, 3.8) is 0 Å². The summed E-state index contributed by atoms with van der Waals surface area (Å²) in [7, 11) is 0. The van der Waals surface area contributed by atoms with Gasteiger partial charge in [0.25, 0.3) is 5.91 Å². The molecule has 1 atom stereocenters. The highest BCUT2D eigenvalue weighted by Crippen LogP contribution is 2.29. The number of carbonyl (C=O) groups is 3. The van der Waals surface area contributed by atoms with Gasteiger partial charge in [0.2, 0.25) is 5.91 Å². The van der Waals surface area contributed by atoms with Crippen molar-refractivity contribution in [3.05, 3.63) is 28.8 Å². The summed E-state index contributed by atoms with van der Waals surface area (Å²) in [6.45, 7) is 1.23. The standard InChI is InChI=1S/C16H17ClN2O4/c17-13-4-3-11(19-6-1-2-14(19)20)8-12(13)15(21)18-7-5-10(9-18)16(22)23/h3-4,8,10H,1-2,5-7,9H2,(H,22,23). The number of hydrogen-bond acceptors (Lipinski definition) is 3. The van der Waals surface area contributed by atoms with Crippen molar-refractivity contribution in [2.45, 2.75) is 19.3 Å². The largest absolute Gasteiger partial charge is 0.481 e. The molecule has 1 unspecified atom stereocenters. The third kappa shape index (κ3) is 3.03. The molecule has 2 amide bonds. The highest BCUT2D eigenvalue weighted by Gasteiger charge is 2.32. The third-order valence-corrected chi connectivity index (χ3v) is 4.72. The fourth-order valence-corrected chi connectivity index (χ4v) is 3.28. The van der Waals surface area contributed by atoms with Gasteiger partial charge in [-0.1, -0.05) is 11.6 Å². The molecule has 7 heteroatoms. The molecular formula is C16H17ClN2O4. The van der Waals surface area contributed by atoms with E-state index in [-0.39, 0.29) is 18.4 Å². The Morgan fingerprint density at radius 2 is 2.04 bits per heavy atom. The first-order valence-corrected chi connectivity index (χ1v) is 7.97. The first kappa shape index (κ1) is 15.8. The number of benzene rings is 1. The van der Waals surface area contributed by atoms with Crippen molar-refractivity contribution in [2.24, 2.45) is 5.92 Å². The van der Waals surface area contributed by atoms with Crippen LogP contribution in [-0.2, 0) is 9.59 Å². The average molecular weight is 337 g/mol. The maximum Gasteiger partial charge on any atom is 0.308 e. The first-order valence-electron chi connectivity index (χ1n) is 7.59. The van der Waals surface area contributed by atoms with E-state index in [0.717, 1.165) is 6.42 Å². The van der Waals surface area contributed by atoms with Crippen molar-refractivity contribution < 1.29 is 19.5 Å². The minimum Gasteiger partial charge on any atom is -0.481 e. The second kappa shape index (κ2) is 6.20. The number of nitrogens with zero attached hydrogens (tertiary/aromatic N) is 2. The number of rotatable bonds is 3. The molecule has 0 radical (unpaired) electrons. The van der Waals surface area contributed by atoms with Crippen LogP contribution >= 0.6 is 11.6 Å². The van der Waals surface area contributed by atoms with Gasteiger partial charge in [0, 0.05) is 31.7 Å². The molecule has 1 N–H and O–H groups in total. The van der Waals surface area contributed by atoms with E-state index >= 15 is 0 Å². The first-order chi connectivity index (χ1) is 11.0. The molecule has 0 bridgehead atoms. The van der Waals surface area contributed by atoms with E-state index in [9.17, 15) is 14.4 Å². The molecule has 23 heavy (non-hydrogen) atoms. The van der Waals surface area contributed by atoms with E-state index in [1.54, 1.807) is 23.1 Å². The predicted octanol–water partition coefficient (Wildman–Crippen LogP) is 2.01. The summed E-state index contributed by atoms with van der Waals surface area (Å²) in [6, 6.07) is 4.97. The summed E-state index contributed by atoms with van der Waals surface area (Å²) >= 11 is 6.14. The number of carbonyl (C=O) groups excluding carboxylic acids is 2. The van der Waals surface area contributed by atoms with Crippen molar-refractivity contribution in [1.82, 2.24) is 4.90 Å². The summed E-state index contributed by atoms with van der Waals surface area (Å²) in [5.41, 5.74) is 0.976. The highest BCUT2D eigenvalue weighted by atomic mass is 35.5. The van der Waals surface area contributed by atoms with Crippen LogP contribution in [0.2, 0.25) is 5.02 Å². The van der Waals surface area contributed by atoms with Gasteiger partial charge in [0.1, 0.15) is 0 Å². The molecule has 0 spiro atoms. The second-order valence-corrected chi connectivity index (χ2v) is 6.30. The van der Waals surface area contributed by atoms with Gasteiger partial charge in [-0.15, -0.1) is 0 Å². The lowest BCUT2D eigenvalue weighted by atomic mass is 10.1. The monoisotopic (exact) mass is 336 g/mol. The lowest BCUT2D eigenvalue weighted by Gasteiger charge is -2.20. The van der Waals surface area contributed by atoms with Crippen LogP contribution in [0.25, 0.3) is 0 Å². The SMILES string of the molecule is O=C(O)C1CCN(C(=O)c2cc(N3CCCC3=O)ccc2Cl)C1. The predicted molar refractivity (Wildman–Crippen MR) is 84.7 cm³/mol. The maximum atomic E-state index is 12.6. The van der Waals surface area contributed by atoms with Gasteiger partial charge in [0.05, 0.1) is 16.5 Å². The molecule has 122 valence electrons.